The van der Waals surface area contributed by atoms with Crippen LogP contribution in [0.4, 0.5) is 0 Å². The third-order valence-corrected chi connectivity index (χ3v) is 5.74. The first-order valence-electron chi connectivity index (χ1n) is 9.39. The Hall–Kier alpha value is -3.38. The molecule has 0 unspecified atom stereocenters. The van der Waals surface area contributed by atoms with Crippen LogP contribution < -0.4 is 0 Å². The minimum atomic E-state index is 1.32. The summed E-state index contributed by atoms with van der Waals surface area (Å²) in [6, 6.07) is 35.0. The molecule has 27 heavy (non-hydrogen) atoms. The molecule has 4 aromatic carbocycles. The molecule has 0 fully saturated rings. The second-order valence-electron chi connectivity index (χ2n) is 7.15. The molecule has 6 rings (SSSR count). The normalized spacial score (nSPS) is 13.7. The lowest BCUT2D eigenvalue weighted by Crippen LogP contribution is -1.95. The SMILES string of the molecule is C([C]1c2ccccc2-c2ccccc21)=C1c2ccccc2-c2ccccc21. The quantitative estimate of drug-likeness (QED) is 0.316. The zero-order chi connectivity index (χ0) is 17.8. The van der Waals surface area contributed by atoms with Crippen molar-refractivity contribution in [2.45, 2.75) is 0 Å². The molecule has 0 atom stereocenters. The van der Waals surface area contributed by atoms with Gasteiger partial charge in [0.2, 0.25) is 0 Å². The van der Waals surface area contributed by atoms with E-state index in [9.17, 15) is 0 Å². The first-order chi connectivity index (χ1) is 13.4. The second-order valence-corrected chi connectivity index (χ2v) is 7.15. The van der Waals surface area contributed by atoms with Crippen LogP contribution in [0.1, 0.15) is 22.3 Å². The van der Waals surface area contributed by atoms with Crippen LogP contribution in [0, 0.1) is 5.92 Å². The Kier molecular flexibility index (Phi) is 3.04. The van der Waals surface area contributed by atoms with Crippen molar-refractivity contribution in [3.05, 3.63) is 131 Å². The van der Waals surface area contributed by atoms with Crippen molar-refractivity contribution in [2.75, 3.05) is 0 Å². The Morgan fingerprint density at radius 1 is 0.333 bits per heavy atom. The molecule has 0 heterocycles. The number of hydrogen-bond acceptors (Lipinski definition) is 0. The lowest BCUT2D eigenvalue weighted by atomic mass is 9.91. The Bertz CT molecular complexity index is 1130. The maximum atomic E-state index is 2.40. The van der Waals surface area contributed by atoms with Gasteiger partial charge < -0.3 is 0 Å². The Morgan fingerprint density at radius 3 is 1.04 bits per heavy atom. The van der Waals surface area contributed by atoms with Gasteiger partial charge in [0.25, 0.3) is 0 Å². The van der Waals surface area contributed by atoms with Gasteiger partial charge in [-0.05, 0) is 50.1 Å². The number of benzene rings is 4. The summed E-state index contributed by atoms with van der Waals surface area (Å²) >= 11 is 0. The van der Waals surface area contributed by atoms with Gasteiger partial charge in [0, 0.05) is 0 Å². The van der Waals surface area contributed by atoms with E-state index in [2.05, 4.69) is 103 Å². The molecule has 0 aromatic heterocycles. The van der Waals surface area contributed by atoms with E-state index in [4.69, 9.17) is 0 Å². The predicted octanol–water partition coefficient (Wildman–Crippen LogP) is 6.75. The van der Waals surface area contributed by atoms with E-state index >= 15 is 0 Å². The molecule has 0 saturated heterocycles. The van der Waals surface area contributed by atoms with Crippen LogP contribution >= 0.6 is 0 Å². The van der Waals surface area contributed by atoms with Crippen molar-refractivity contribution >= 4 is 5.57 Å². The van der Waals surface area contributed by atoms with E-state index in [0.717, 1.165) is 0 Å². The Labute approximate surface area is 159 Å². The molecule has 0 nitrogen and oxygen atoms in total. The monoisotopic (exact) mass is 341 g/mol. The topological polar surface area (TPSA) is 0 Å². The summed E-state index contributed by atoms with van der Waals surface area (Å²) < 4.78 is 0. The van der Waals surface area contributed by atoms with Gasteiger partial charge in [-0.25, -0.2) is 0 Å². The molecule has 0 amide bonds. The van der Waals surface area contributed by atoms with E-state index < -0.39 is 0 Å². The molecule has 0 spiro atoms. The van der Waals surface area contributed by atoms with Gasteiger partial charge in [-0.2, -0.15) is 0 Å². The first kappa shape index (κ1) is 14.8. The van der Waals surface area contributed by atoms with Crippen molar-refractivity contribution in [1.82, 2.24) is 0 Å². The number of fused-ring (bicyclic) bond motifs is 6. The van der Waals surface area contributed by atoms with Crippen molar-refractivity contribution in [3.63, 3.8) is 0 Å². The fourth-order valence-corrected chi connectivity index (χ4v) is 4.56. The molecule has 0 saturated carbocycles. The summed E-state index contributed by atoms with van der Waals surface area (Å²) in [6.07, 6.45) is 2.40. The van der Waals surface area contributed by atoms with Gasteiger partial charge >= 0.3 is 0 Å². The molecule has 2 aliphatic rings. The molecule has 0 bridgehead atoms. The minimum absolute atomic E-state index is 1.32. The highest BCUT2D eigenvalue weighted by Crippen LogP contribution is 2.49. The third kappa shape index (κ3) is 2.04. The van der Waals surface area contributed by atoms with Crippen molar-refractivity contribution in [2.24, 2.45) is 0 Å². The van der Waals surface area contributed by atoms with Crippen molar-refractivity contribution in [3.8, 4) is 22.3 Å². The van der Waals surface area contributed by atoms with Gasteiger partial charge in [0.05, 0.1) is 5.92 Å². The molecular formula is C27H17. The van der Waals surface area contributed by atoms with Crippen LogP contribution in [0.15, 0.2) is 103 Å². The van der Waals surface area contributed by atoms with E-state index in [1.165, 1.54) is 56.0 Å². The molecule has 0 heteroatoms. The smallest absolute Gasteiger partial charge is 0.0576 e. The molecule has 4 aromatic rings. The highest BCUT2D eigenvalue weighted by atomic mass is 14.3. The summed E-state index contributed by atoms with van der Waals surface area (Å²) in [5, 5.41) is 0. The number of rotatable bonds is 1. The maximum Gasteiger partial charge on any atom is 0.0576 e. The van der Waals surface area contributed by atoms with Crippen LogP contribution in [-0.2, 0) is 0 Å². The summed E-state index contributed by atoms with van der Waals surface area (Å²) in [7, 11) is 0. The number of hydrogen-bond donors (Lipinski definition) is 0. The average molecular weight is 341 g/mol. The largest absolute Gasteiger partial charge is 0.0619 e. The van der Waals surface area contributed by atoms with Crippen molar-refractivity contribution < 1.29 is 0 Å². The maximum absolute atomic E-state index is 2.40. The predicted molar refractivity (Wildman–Crippen MR) is 112 cm³/mol. The van der Waals surface area contributed by atoms with Gasteiger partial charge in [-0.15, -0.1) is 0 Å². The van der Waals surface area contributed by atoms with E-state index in [1.54, 1.807) is 0 Å². The summed E-state index contributed by atoms with van der Waals surface area (Å²) in [6.45, 7) is 0. The van der Waals surface area contributed by atoms with E-state index in [1.807, 2.05) is 0 Å². The van der Waals surface area contributed by atoms with Gasteiger partial charge in [-0.1, -0.05) is 103 Å². The van der Waals surface area contributed by atoms with Crippen molar-refractivity contribution in [1.29, 1.82) is 0 Å². The van der Waals surface area contributed by atoms with Gasteiger partial charge in [-0.3, -0.25) is 0 Å². The fraction of sp³-hybridized carbons (Fsp3) is 0. The highest BCUT2D eigenvalue weighted by Gasteiger charge is 2.30. The lowest BCUT2D eigenvalue weighted by molar-refractivity contribution is 1.36. The summed E-state index contributed by atoms with van der Waals surface area (Å²) in [4.78, 5) is 0. The molecular weight excluding hydrogens is 324 g/mol. The van der Waals surface area contributed by atoms with Gasteiger partial charge in [0.1, 0.15) is 0 Å². The van der Waals surface area contributed by atoms with Crippen LogP contribution in [0.3, 0.4) is 0 Å². The minimum Gasteiger partial charge on any atom is -0.0619 e. The Morgan fingerprint density at radius 2 is 0.630 bits per heavy atom. The molecule has 1 radical (unpaired) electrons. The first-order valence-corrected chi connectivity index (χ1v) is 9.39. The number of allylic oxidation sites excluding steroid dienone is 1. The van der Waals surface area contributed by atoms with Crippen LogP contribution in [0.25, 0.3) is 27.8 Å². The molecule has 125 valence electrons. The molecule has 2 aliphatic carbocycles. The van der Waals surface area contributed by atoms with E-state index in [0.29, 0.717) is 0 Å². The summed E-state index contributed by atoms with van der Waals surface area (Å²) in [5.74, 6) is 1.32. The standard InChI is InChI=1S/C27H17/c1-5-13-22-18(9-1)19-10-2-6-14-23(19)26(22)17-27-24-15-7-3-11-20(24)21-12-4-8-16-25(21)27/h1-17H. The molecule has 0 aliphatic heterocycles. The van der Waals surface area contributed by atoms with Crippen LogP contribution in [-0.4, -0.2) is 0 Å². The zero-order valence-corrected chi connectivity index (χ0v) is 14.8. The highest BCUT2D eigenvalue weighted by molar-refractivity contribution is 6.03. The third-order valence-electron chi connectivity index (χ3n) is 5.74. The molecule has 0 N–H and O–H groups in total. The Balaban J connectivity index is 1.62. The van der Waals surface area contributed by atoms with E-state index in [-0.39, 0.29) is 0 Å². The second kappa shape index (κ2) is 5.56. The lowest BCUT2D eigenvalue weighted by Gasteiger charge is -2.11. The average Bonchev–Trinajstić information content (AvgIpc) is 3.23. The summed E-state index contributed by atoms with van der Waals surface area (Å²) in [5.41, 5.74) is 12.0. The van der Waals surface area contributed by atoms with Gasteiger partial charge in [0.15, 0.2) is 0 Å². The fourth-order valence-electron chi connectivity index (χ4n) is 4.56. The van der Waals surface area contributed by atoms with Crippen LogP contribution in [0.2, 0.25) is 0 Å². The van der Waals surface area contributed by atoms with Crippen LogP contribution in [0.5, 0.6) is 0 Å². The zero-order valence-electron chi connectivity index (χ0n) is 14.8.